The number of hydrogen-bond donors (Lipinski definition) is 3. The van der Waals surface area contributed by atoms with E-state index in [4.69, 9.17) is 4.74 Å². The van der Waals surface area contributed by atoms with Crippen LogP contribution in [0.3, 0.4) is 0 Å². The lowest BCUT2D eigenvalue weighted by Gasteiger charge is -2.13. The Morgan fingerprint density at radius 1 is 1.07 bits per heavy atom. The number of nitrogens with one attached hydrogen (secondary N) is 3. The predicted molar refractivity (Wildman–Crippen MR) is 121 cm³/mol. The summed E-state index contributed by atoms with van der Waals surface area (Å²) in [6.45, 7) is 8.95. The molecule has 156 valence electrons. The van der Waals surface area contributed by atoms with Crippen molar-refractivity contribution < 1.29 is 13.2 Å². The highest BCUT2D eigenvalue weighted by Crippen LogP contribution is 2.09. The molecule has 0 aliphatic rings. The summed E-state index contributed by atoms with van der Waals surface area (Å²) in [4.78, 5) is 4.37. The van der Waals surface area contributed by atoms with Crippen molar-refractivity contribution in [2.24, 2.45) is 10.9 Å². The van der Waals surface area contributed by atoms with Gasteiger partial charge in [-0.05, 0) is 31.4 Å². The number of ether oxygens (including phenoxy) is 1. The minimum Gasteiger partial charge on any atom is -0.380 e. The molecule has 0 radical (unpaired) electrons. The Morgan fingerprint density at radius 2 is 1.70 bits per heavy atom. The first-order chi connectivity index (χ1) is 12.3. The lowest BCUT2D eigenvalue weighted by atomic mass is 10.1. The van der Waals surface area contributed by atoms with Crippen molar-refractivity contribution in [2.75, 3.05) is 39.9 Å². The van der Waals surface area contributed by atoms with Crippen LogP contribution in [0.5, 0.6) is 0 Å². The van der Waals surface area contributed by atoms with Crippen LogP contribution in [0.25, 0.3) is 0 Å². The first kappa shape index (κ1) is 26.1. The van der Waals surface area contributed by atoms with Gasteiger partial charge in [-0.25, -0.2) is 13.1 Å². The van der Waals surface area contributed by atoms with Gasteiger partial charge in [0.1, 0.15) is 0 Å². The van der Waals surface area contributed by atoms with E-state index in [1.165, 1.54) is 0 Å². The monoisotopic (exact) mass is 512 g/mol. The molecule has 0 aliphatic carbocycles. The number of benzene rings is 1. The molecule has 0 fully saturated rings. The number of guanidine groups is 1. The van der Waals surface area contributed by atoms with Crippen LogP contribution < -0.4 is 15.4 Å². The van der Waals surface area contributed by atoms with Crippen LogP contribution in [-0.2, 0) is 14.8 Å². The van der Waals surface area contributed by atoms with Gasteiger partial charge in [-0.15, -0.1) is 24.0 Å². The van der Waals surface area contributed by atoms with Gasteiger partial charge >= 0.3 is 0 Å². The van der Waals surface area contributed by atoms with Gasteiger partial charge in [0.2, 0.25) is 10.0 Å². The van der Waals surface area contributed by atoms with Crippen molar-refractivity contribution in [1.82, 2.24) is 15.4 Å². The minimum absolute atomic E-state index is 0. The molecule has 0 saturated heterocycles. The predicted octanol–water partition coefficient (Wildman–Crippen LogP) is 2.12. The Balaban J connectivity index is 0.00000676. The second-order valence-electron chi connectivity index (χ2n) is 6.43. The van der Waals surface area contributed by atoms with Crippen LogP contribution in [0.2, 0.25) is 0 Å². The first-order valence-corrected chi connectivity index (χ1v) is 10.4. The highest BCUT2D eigenvalue weighted by Gasteiger charge is 2.12. The molecule has 0 bridgehead atoms. The van der Waals surface area contributed by atoms with E-state index in [9.17, 15) is 8.42 Å². The van der Waals surface area contributed by atoms with E-state index < -0.39 is 10.0 Å². The fourth-order valence-corrected chi connectivity index (χ4v) is 3.08. The standard InChI is InChI=1S/C18H32N4O3S.HI/c1-15(2)9-13-25-14-12-21-18(19-4)20-10-11-22-26(23,24)17-7-5-16(3)6-8-17;/h5-8,15,22H,9-14H2,1-4H3,(H2,19,20,21);1H. The molecule has 3 N–H and O–H groups in total. The summed E-state index contributed by atoms with van der Waals surface area (Å²) in [6.07, 6.45) is 1.05. The van der Waals surface area contributed by atoms with Crippen LogP contribution in [0.4, 0.5) is 0 Å². The fourth-order valence-electron chi connectivity index (χ4n) is 2.05. The van der Waals surface area contributed by atoms with Gasteiger partial charge < -0.3 is 15.4 Å². The van der Waals surface area contributed by atoms with Gasteiger partial charge in [0.25, 0.3) is 0 Å². The number of hydrogen-bond acceptors (Lipinski definition) is 4. The number of nitrogens with zero attached hydrogens (tertiary/aromatic N) is 1. The molecule has 0 heterocycles. The third kappa shape index (κ3) is 11.5. The Bertz CT molecular complexity index is 649. The van der Waals surface area contributed by atoms with Crippen LogP contribution >= 0.6 is 24.0 Å². The van der Waals surface area contributed by atoms with Crippen LogP contribution in [-0.4, -0.2) is 54.3 Å². The molecule has 1 aromatic rings. The maximum Gasteiger partial charge on any atom is 0.240 e. The van der Waals surface area contributed by atoms with Gasteiger partial charge in [0.05, 0.1) is 11.5 Å². The summed E-state index contributed by atoms with van der Waals surface area (Å²) >= 11 is 0. The van der Waals surface area contributed by atoms with Gasteiger partial charge in [-0.2, -0.15) is 0 Å². The molecule has 0 spiro atoms. The molecular formula is C18H33IN4O3S. The number of sulfonamides is 1. The summed E-state index contributed by atoms with van der Waals surface area (Å²) in [6, 6.07) is 6.76. The summed E-state index contributed by atoms with van der Waals surface area (Å²) < 4.78 is 32.5. The van der Waals surface area contributed by atoms with E-state index >= 15 is 0 Å². The second-order valence-corrected chi connectivity index (χ2v) is 8.20. The molecule has 7 nitrogen and oxygen atoms in total. The minimum atomic E-state index is -3.49. The fraction of sp³-hybridized carbons (Fsp3) is 0.611. The van der Waals surface area contributed by atoms with E-state index in [2.05, 4.69) is 34.2 Å². The van der Waals surface area contributed by atoms with Crippen molar-refractivity contribution in [3.8, 4) is 0 Å². The highest BCUT2D eigenvalue weighted by atomic mass is 127. The Hall–Kier alpha value is -0.910. The molecule has 0 amide bonds. The number of aryl methyl sites for hydroxylation is 1. The Kier molecular flexibility index (Phi) is 13.7. The zero-order valence-corrected chi connectivity index (χ0v) is 19.8. The van der Waals surface area contributed by atoms with Crippen molar-refractivity contribution in [3.63, 3.8) is 0 Å². The molecule has 0 saturated carbocycles. The van der Waals surface area contributed by atoms with E-state index in [1.54, 1.807) is 31.3 Å². The maximum atomic E-state index is 12.2. The molecule has 0 aromatic heterocycles. The van der Waals surface area contributed by atoms with Crippen molar-refractivity contribution >= 4 is 40.0 Å². The van der Waals surface area contributed by atoms with Crippen LogP contribution in [0.1, 0.15) is 25.8 Å². The molecular weight excluding hydrogens is 479 g/mol. The molecule has 0 atom stereocenters. The van der Waals surface area contributed by atoms with E-state index in [0.717, 1.165) is 18.6 Å². The Morgan fingerprint density at radius 3 is 2.30 bits per heavy atom. The van der Waals surface area contributed by atoms with Crippen molar-refractivity contribution in [2.45, 2.75) is 32.1 Å². The summed E-state index contributed by atoms with van der Waals surface area (Å²) in [5.74, 6) is 1.26. The number of rotatable bonds is 11. The SMILES string of the molecule is CN=C(NCCNS(=O)(=O)c1ccc(C)cc1)NCCOCCC(C)C.I. The molecule has 27 heavy (non-hydrogen) atoms. The quantitative estimate of drug-likeness (QED) is 0.183. The largest absolute Gasteiger partial charge is 0.380 e. The van der Waals surface area contributed by atoms with Crippen LogP contribution in [0.15, 0.2) is 34.2 Å². The topological polar surface area (TPSA) is 91.8 Å². The third-order valence-corrected chi connectivity index (χ3v) is 5.12. The van der Waals surface area contributed by atoms with E-state index in [1.807, 2.05) is 6.92 Å². The summed E-state index contributed by atoms with van der Waals surface area (Å²) in [5.41, 5.74) is 1.02. The normalized spacial score (nSPS) is 12.0. The number of aliphatic imine (C=N–C) groups is 1. The second kappa shape index (κ2) is 14.1. The highest BCUT2D eigenvalue weighted by molar-refractivity contribution is 14.0. The third-order valence-electron chi connectivity index (χ3n) is 3.64. The van der Waals surface area contributed by atoms with Crippen molar-refractivity contribution in [1.29, 1.82) is 0 Å². The van der Waals surface area contributed by atoms with Gasteiger partial charge in [0.15, 0.2) is 5.96 Å². The van der Waals surface area contributed by atoms with Gasteiger partial charge in [-0.1, -0.05) is 31.5 Å². The molecule has 0 aliphatic heterocycles. The zero-order chi connectivity index (χ0) is 19.4. The average molecular weight is 512 g/mol. The van der Waals surface area contributed by atoms with E-state index in [-0.39, 0.29) is 35.4 Å². The molecule has 1 aromatic carbocycles. The zero-order valence-electron chi connectivity index (χ0n) is 16.6. The summed E-state index contributed by atoms with van der Waals surface area (Å²) in [5, 5.41) is 6.20. The van der Waals surface area contributed by atoms with Gasteiger partial charge in [0, 0.05) is 33.3 Å². The van der Waals surface area contributed by atoms with E-state index in [0.29, 0.717) is 31.6 Å². The lowest BCUT2D eigenvalue weighted by molar-refractivity contribution is 0.128. The Labute approximate surface area is 180 Å². The smallest absolute Gasteiger partial charge is 0.240 e. The lowest BCUT2D eigenvalue weighted by Crippen LogP contribution is -2.42. The van der Waals surface area contributed by atoms with Crippen molar-refractivity contribution in [3.05, 3.63) is 29.8 Å². The maximum absolute atomic E-state index is 12.2. The van der Waals surface area contributed by atoms with Crippen LogP contribution in [0, 0.1) is 12.8 Å². The summed E-state index contributed by atoms with van der Waals surface area (Å²) in [7, 11) is -1.81. The molecule has 1 rings (SSSR count). The average Bonchev–Trinajstić information content (AvgIpc) is 2.59. The molecule has 0 unspecified atom stereocenters. The number of halogens is 1. The molecule has 9 heteroatoms. The van der Waals surface area contributed by atoms with Gasteiger partial charge in [-0.3, -0.25) is 4.99 Å². The first-order valence-electron chi connectivity index (χ1n) is 8.93.